The van der Waals surface area contributed by atoms with E-state index in [1.807, 2.05) is 24.3 Å². The first-order valence-corrected chi connectivity index (χ1v) is 17.0. The van der Waals surface area contributed by atoms with Crippen molar-refractivity contribution in [2.45, 2.75) is 40.8 Å². The number of nitrogens with two attached hydrogens (primary N) is 2. The topological polar surface area (TPSA) is 155 Å². The summed E-state index contributed by atoms with van der Waals surface area (Å²) in [5.41, 5.74) is 13.9. The molecule has 0 radical (unpaired) electrons. The minimum absolute atomic E-state index is 0. The Kier molecular flexibility index (Phi) is 11.9. The maximum absolute atomic E-state index is 14.6. The second-order valence-corrected chi connectivity index (χ2v) is 12.6. The summed E-state index contributed by atoms with van der Waals surface area (Å²) in [6, 6.07) is 31.3. The lowest BCUT2D eigenvalue weighted by Crippen LogP contribution is -2.32. The van der Waals surface area contributed by atoms with Gasteiger partial charge >= 0.3 is 0 Å². The van der Waals surface area contributed by atoms with Crippen molar-refractivity contribution < 1.29 is 13.6 Å². The molecule has 13 heteroatoms. The summed E-state index contributed by atoms with van der Waals surface area (Å²) in [4.78, 5) is 43.5. The first-order chi connectivity index (χ1) is 26.0. The minimum atomic E-state index is -0.629. The van der Waals surface area contributed by atoms with Crippen LogP contribution in [0.15, 0.2) is 137 Å². The molecule has 2 atom stereocenters. The highest BCUT2D eigenvalue weighted by atomic mass is 19.1. The third kappa shape index (κ3) is 7.39. The van der Waals surface area contributed by atoms with Crippen LogP contribution in [-0.2, 0) is 0 Å². The molecule has 8 rings (SSSR count). The molecule has 0 fully saturated rings. The Labute approximate surface area is 321 Å². The lowest BCUT2D eigenvalue weighted by molar-refractivity contribution is 0.0941. The zero-order valence-corrected chi connectivity index (χ0v) is 29.2. The number of hydrogen-bond acceptors (Lipinski definition) is 7. The molecule has 11 nitrogen and oxygen atoms in total. The van der Waals surface area contributed by atoms with Gasteiger partial charge in [0.05, 0.1) is 16.8 Å². The fraction of sp³-hybridized carbons (Fsp3) is 0.140. The predicted molar refractivity (Wildman–Crippen MR) is 218 cm³/mol. The second kappa shape index (κ2) is 16.6. The number of fused-ring (bicyclic) bond motifs is 3. The molecule has 4 aromatic heterocycles. The van der Waals surface area contributed by atoms with Gasteiger partial charge in [0.25, 0.3) is 17.0 Å². The Balaban J connectivity index is 0.000000227. The molecular weight excluding hydrogens is 715 g/mol. The van der Waals surface area contributed by atoms with Crippen LogP contribution >= 0.6 is 0 Å². The Morgan fingerprint density at radius 3 is 1.73 bits per heavy atom. The van der Waals surface area contributed by atoms with Crippen LogP contribution in [0.25, 0.3) is 38.6 Å². The lowest BCUT2D eigenvalue weighted by atomic mass is 10.1. The summed E-state index contributed by atoms with van der Waals surface area (Å²) in [5.74, 6) is -1.56. The molecule has 8 aromatic rings. The largest absolute Gasteiger partial charge is 0.381 e. The minimum Gasteiger partial charge on any atom is -0.381 e. The number of pyridine rings is 2. The highest BCUT2D eigenvalue weighted by Crippen LogP contribution is 2.25. The molecule has 0 aliphatic carbocycles. The smallest absolute Gasteiger partial charge is 0.266 e. The number of halogens is 2. The van der Waals surface area contributed by atoms with E-state index < -0.39 is 29.1 Å². The number of aromatic nitrogens is 5. The predicted octanol–water partition coefficient (Wildman–Crippen LogP) is 7.67. The molecule has 0 bridgehead atoms. The number of para-hydroxylation sites is 2. The lowest BCUT2D eigenvalue weighted by Gasteiger charge is -2.21. The van der Waals surface area contributed by atoms with Gasteiger partial charge in [-0.15, -0.1) is 5.10 Å². The van der Waals surface area contributed by atoms with E-state index in [0.29, 0.717) is 39.2 Å². The molecule has 0 aliphatic heterocycles. The van der Waals surface area contributed by atoms with E-state index in [0.717, 1.165) is 0 Å². The first-order valence-electron chi connectivity index (χ1n) is 17.0. The molecule has 4 heterocycles. The maximum atomic E-state index is 14.6. The van der Waals surface area contributed by atoms with Crippen LogP contribution in [0.2, 0.25) is 0 Å². The highest BCUT2D eigenvalue weighted by Gasteiger charge is 2.24. The molecular formula is C43H42F2N8O3. The van der Waals surface area contributed by atoms with Crippen LogP contribution in [0.5, 0.6) is 0 Å². The molecule has 286 valence electrons. The number of carbonyl (C=O) groups excluding carboxylic acids is 1. The van der Waals surface area contributed by atoms with Gasteiger partial charge in [-0.3, -0.25) is 23.5 Å². The third-order valence-electron chi connectivity index (χ3n) is 8.98. The molecule has 4 aromatic carbocycles. The van der Waals surface area contributed by atoms with Crippen molar-refractivity contribution in [3.05, 3.63) is 177 Å². The van der Waals surface area contributed by atoms with Gasteiger partial charge in [-0.2, -0.15) is 0 Å². The summed E-state index contributed by atoms with van der Waals surface area (Å²) in [5, 5.41) is 8.09. The quantitative estimate of drug-likeness (QED) is 0.157. The number of benzene rings is 4. The van der Waals surface area contributed by atoms with E-state index in [-0.39, 0.29) is 48.6 Å². The normalized spacial score (nSPS) is 11.9. The molecule has 0 aliphatic rings. The van der Waals surface area contributed by atoms with Crippen molar-refractivity contribution in [3.8, 4) is 11.4 Å². The molecule has 1 amide bonds. The van der Waals surface area contributed by atoms with E-state index in [9.17, 15) is 23.2 Å². The van der Waals surface area contributed by atoms with E-state index >= 15 is 0 Å². The summed E-state index contributed by atoms with van der Waals surface area (Å²) < 4.78 is 32.9. The molecule has 0 spiro atoms. The van der Waals surface area contributed by atoms with Gasteiger partial charge in [0.15, 0.2) is 11.5 Å². The van der Waals surface area contributed by atoms with E-state index in [2.05, 4.69) is 15.4 Å². The standard InChI is InChI=1S/C24H19FN6O2.C17H15FN2O.2CH4/c1-14(28-23(32)20-21(26)29-30-12-6-11-27-22(20)30)18-13-15-7-5-10-17(25)19(15)24(33)31(18)16-8-3-2-4-9-16;1-11(19)15-10-12-6-5-9-14(18)16(12)17(21)20(15)13-7-3-2-4-8-13;;/h2-14H,1H3,(H2,26,29)(H,28,32);2-11H,19H2,1H3;2*1H4/t14-;11-;;/m00../s1. The van der Waals surface area contributed by atoms with Crippen LogP contribution < -0.4 is 27.9 Å². The summed E-state index contributed by atoms with van der Waals surface area (Å²) in [6.45, 7) is 3.55. The van der Waals surface area contributed by atoms with Gasteiger partial charge in [-0.1, -0.05) is 75.5 Å². The summed E-state index contributed by atoms with van der Waals surface area (Å²) in [7, 11) is 0. The zero-order valence-electron chi connectivity index (χ0n) is 29.2. The fourth-order valence-corrected chi connectivity index (χ4v) is 6.48. The third-order valence-corrected chi connectivity index (χ3v) is 8.98. The maximum Gasteiger partial charge on any atom is 0.266 e. The van der Waals surface area contributed by atoms with Crippen LogP contribution in [0.3, 0.4) is 0 Å². The van der Waals surface area contributed by atoms with E-state index in [1.54, 1.807) is 105 Å². The van der Waals surface area contributed by atoms with Crippen molar-refractivity contribution in [1.82, 2.24) is 29.0 Å². The van der Waals surface area contributed by atoms with Crippen molar-refractivity contribution in [2.24, 2.45) is 5.73 Å². The molecule has 56 heavy (non-hydrogen) atoms. The van der Waals surface area contributed by atoms with Crippen LogP contribution in [0.1, 0.15) is 62.5 Å². The second-order valence-electron chi connectivity index (χ2n) is 12.6. The van der Waals surface area contributed by atoms with Gasteiger partial charge in [-0.05, 0) is 79.2 Å². The number of nitrogens with zero attached hydrogens (tertiary/aromatic N) is 5. The van der Waals surface area contributed by atoms with E-state index in [4.69, 9.17) is 11.5 Å². The van der Waals surface area contributed by atoms with E-state index in [1.165, 1.54) is 25.8 Å². The van der Waals surface area contributed by atoms with Crippen molar-refractivity contribution in [3.63, 3.8) is 0 Å². The number of anilines is 1. The Hall–Kier alpha value is -6.99. The number of nitrogen functional groups attached to an aromatic ring is 1. The van der Waals surface area contributed by atoms with Crippen molar-refractivity contribution >= 4 is 38.9 Å². The Morgan fingerprint density at radius 2 is 1.21 bits per heavy atom. The van der Waals surface area contributed by atoms with Gasteiger partial charge < -0.3 is 16.8 Å². The van der Waals surface area contributed by atoms with Gasteiger partial charge in [0.2, 0.25) is 0 Å². The molecule has 0 saturated carbocycles. The van der Waals surface area contributed by atoms with Crippen molar-refractivity contribution in [1.29, 1.82) is 0 Å². The molecule has 0 unspecified atom stereocenters. The monoisotopic (exact) mass is 756 g/mol. The molecule has 5 N–H and O–H groups in total. The first kappa shape index (κ1) is 40.2. The average molecular weight is 757 g/mol. The fourth-order valence-electron chi connectivity index (χ4n) is 6.48. The zero-order chi connectivity index (χ0) is 38.1. The number of carbonyl (C=O) groups is 1. The average Bonchev–Trinajstić information content (AvgIpc) is 3.51. The summed E-state index contributed by atoms with van der Waals surface area (Å²) >= 11 is 0. The van der Waals surface area contributed by atoms with Crippen molar-refractivity contribution in [2.75, 3.05) is 5.73 Å². The van der Waals surface area contributed by atoms with Crippen LogP contribution in [0, 0.1) is 11.6 Å². The number of amides is 1. The van der Waals surface area contributed by atoms with Gasteiger partial charge in [0.1, 0.15) is 17.2 Å². The Morgan fingerprint density at radius 1 is 0.714 bits per heavy atom. The molecule has 0 saturated heterocycles. The summed E-state index contributed by atoms with van der Waals surface area (Å²) in [6.07, 6.45) is 3.19. The number of hydrogen-bond donors (Lipinski definition) is 3. The van der Waals surface area contributed by atoms with Gasteiger partial charge in [-0.25, -0.2) is 18.3 Å². The Bertz CT molecular complexity index is 2800. The van der Waals surface area contributed by atoms with Gasteiger partial charge in [0, 0.05) is 41.2 Å². The number of rotatable bonds is 6. The van der Waals surface area contributed by atoms with Crippen LogP contribution in [-0.4, -0.2) is 29.6 Å². The SMILES string of the molecule is C.C.C[C@H](N)c1cc2cccc(F)c2c(=O)n1-c1ccccc1.C[C@H](NC(=O)c1c(N)nn2cccnc12)c1cc2cccc(F)c2c(=O)n1-c1ccccc1. The number of nitrogens with one attached hydrogen (secondary N) is 1. The highest BCUT2D eigenvalue weighted by molar-refractivity contribution is 6.04. The van der Waals surface area contributed by atoms with Crippen LogP contribution in [0.4, 0.5) is 14.6 Å².